The van der Waals surface area contributed by atoms with Gasteiger partial charge in [-0.2, -0.15) is 0 Å². The van der Waals surface area contributed by atoms with E-state index in [-0.39, 0.29) is 30.6 Å². The maximum absolute atomic E-state index is 13.1. The highest BCUT2D eigenvalue weighted by molar-refractivity contribution is 6.33. The normalized spacial score (nSPS) is 13.2. The van der Waals surface area contributed by atoms with Crippen molar-refractivity contribution in [2.24, 2.45) is 5.92 Å². The average Bonchev–Trinajstić information content (AvgIpc) is 3.86. The third kappa shape index (κ3) is 7.17. The van der Waals surface area contributed by atoms with Gasteiger partial charge in [0, 0.05) is 29.2 Å². The van der Waals surface area contributed by atoms with Crippen LogP contribution in [0.2, 0.25) is 5.02 Å². The molecule has 1 fully saturated rings. The molecule has 1 amide bonds. The van der Waals surface area contributed by atoms with Gasteiger partial charge in [0.2, 0.25) is 5.91 Å². The first-order chi connectivity index (χ1) is 20.4. The SMILES string of the molecule is O=C(c1ccccc1)c1ccccc1N[C@@H](Cc1ccc(OCCN(C(=O)C2CC2)c2ccccc2Cl)cc1)C(=O)O. The van der Waals surface area contributed by atoms with Crippen LogP contribution >= 0.6 is 11.6 Å². The Morgan fingerprint density at radius 1 is 0.881 bits per heavy atom. The Morgan fingerprint density at radius 3 is 2.24 bits per heavy atom. The number of rotatable bonds is 13. The van der Waals surface area contributed by atoms with E-state index in [2.05, 4.69) is 5.32 Å². The van der Waals surface area contributed by atoms with Gasteiger partial charge in [0.1, 0.15) is 18.4 Å². The molecule has 5 rings (SSSR count). The average molecular weight is 583 g/mol. The van der Waals surface area contributed by atoms with E-state index in [4.69, 9.17) is 16.3 Å². The molecule has 0 spiro atoms. The minimum atomic E-state index is -1.03. The van der Waals surface area contributed by atoms with Gasteiger partial charge in [0.15, 0.2) is 5.78 Å². The fraction of sp³-hybridized carbons (Fsp3) is 0.206. The van der Waals surface area contributed by atoms with E-state index in [1.807, 2.05) is 36.4 Å². The number of nitrogens with zero attached hydrogens (tertiary/aromatic N) is 1. The Morgan fingerprint density at radius 2 is 1.55 bits per heavy atom. The van der Waals surface area contributed by atoms with Crippen molar-refractivity contribution in [1.29, 1.82) is 0 Å². The minimum absolute atomic E-state index is 0.0415. The molecule has 214 valence electrons. The van der Waals surface area contributed by atoms with Gasteiger partial charge in [-0.15, -0.1) is 0 Å². The first-order valence-electron chi connectivity index (χ1n) is 13.9. The molecule has 1 saturated carbocycles. The van der Waals surface area contributed by atoms with Gasteiger partial charge in [-0.05, 0) is 54.8 Å². The molecule has 1 atom stereocenters. The first-order valence-corrected chi connectivity index (χ1v) is 14.2. The van der Waals surface area contributed by atoms with Crippen LogP contribution in [-0.2, 0) is 16.0 Å². The lowest BCUT2D eigenvalue weighted by Gasteiger charge is -2.24. The summed E-state index contributed by atoms with van der Waals surface area (Å²) in [5.41, 5.74) is 2.86. The summed E-state index contributed by atoms with van der Waals surface area (Å²) in [5.74, 6) is -0.509. The predicted octanol–water partition coefficient (Wildman–Crippen LogP) is 6.50. The zero-order chi connectivity index (χ0) is 29.5. The van der Waals surface area contributed by atoms with Crippen molar-refractivity contribution in [2.45, 2.75) is 25.3 Å². The molecule has 0 saturated heterocycles. The van der Waals surface area contributed by atoms with Crippen molar-refractivity contribution in [2.75, 3.05) is 23.4 Å². The third-order valence-electron chi connectivity index (χ3n) is 7.12. The van der Waals surface area contributed by atoms with Gasteiger partial charge < -0.3 is 20.1 Å². The second-order valence-electron chi connectivity index (χ2n) is 10.2. The lowest BCUT2D eigenvalue weighted by atomic mass is 10.00. The number of aliphatic carboxylic acids is 1. The number of para-hydroxylation sites is 2. The number of hydrogen-bond donors (Lipinski definition) is 2. The Hall–Kier alpha value is -4.62. The maximum Gasteiger partial charge on any atom is 0.326 e. The summed E-state index contributed by atoms with van der Waals surface area (Å²) < 4.78 is 5.93. The smallest absolute Gasteiger partial charge is 0.326 e. The number of hydrogen-bond acceptors (Lipinski definition) is 5. The van der Waals surface area contributed by atoms with Gasteiger partial charge in [-0.25, -0.2) is 4.79 Å². The Labute approximate surface area is 249 Å². The fourth-order valence-electron chi connectivity index (χ4n) is 4.72. The standard InChI is InChI=1S/C34H31ClN2O5/c35-28-11-5-7-13-31(28)37(33(39)25-16-17-25)20-21-42-26-18-14-23(15-19-26)22-30(34(40)41)36-29-12-6-4-10-27(29)32(38)24-8-2-1-3-9-24/h1-15,18-19,25,30,36H,16-17,20-22H2,(H,40,41)/t30-/m0/s1. The highest BCUT2D eigenvalue weighted by Crippen LogP contribution is 2.35. The molecule has 0 aliphatic heterocycles. The van der Waals surface area contributed by atoms with E-state index < -0.39 is 12.0 Å². The molecular weight excluding hydrogens is 552 g/mol. The molecule has 4 aromatic carbocycles. The molecule has 4 aromatic rings. The van der Waals surface area contributed by atoms with Crippen molar-refractivity contribution >= 4 is 40.6 Å². The van der Waals surface area contributed by atoms with Crippen LogP contribution in [-0.4, -0.2) is 42.0 Å². The van der Waals surface area contributed by atoms with Crippen LogP contribution in [0.3, 0.4) is 0 Å². The Kier molecular flexibility index (Phi) is 9.19. The van der Waals surface area contributed by atoms with Gasteiger partial charge in [0.05, 0.1) is 17.3 Å². The van der Waals surface area contributed by atoms with E-state index in [0.717, 1.165) is 18.4 Å². The molecule has 0 heterocycles. The van der Waals surface area contributed by atoms with E-state index in [9.17, 15) is 19.5 Å². The van der Waals surface area contributed by atoms with Gasteiger partial charge in [-0.3, -0.25) is 9.59 Å². The molecule has 8 heteroatoms. The molecule has 0 radical (unpaired) electrons. The maximum atomic E-state index is 13.1. The number of carbonyl (C=O) groups excluding carboxylic acids is 2. The molecule has 1 aliphatic carbocycles. The van der Waals surface area contributed by atoms with Crippen molar-refractivity contribution in [3.8, 4) is 5.75 Å². The number of ether oxygens (including phenoxy) is 1. The highest BCUT2D eigenvalue weighted by Gasteiger charge is 2.34. The number of carboxylic acids is 1. The lowest BCUT2D eigenvalue weighted by molar-refractivity contribution is -0.137. The third-order valence-corrected chi connectivity index (χ3v) is 7.44. The number of halogens is 1. The molecular formula is C34H31ClN2O5. The molecule has 0 unspecified atom stereocenters. The van der Waals surface area contributed by atoms with Crippen LogP contribution in [0.1, 0.15) is 34.3 Å². The van der Waals surface area contributed by atoms with E-state index in [0.29, 0.717) is 39.8 Å². The predicted molar refractivity (Wildman–Crippen MR) is 164 cm³/mol. The summed E-state index contributed by atoms with van der Waals surface area (Å²) in [6.45, 7) is 0.626. The summed E-state index contributed by atoms with van der Waals surface area (Å²) in [5, 5.41) is 13.5. The number of benzene rings is 4. The van der Waals surface area contributed by atoms with Crippen molar-refractivity contribution in [3.05, 3.63) is 125 Å². The van der Waals surface area contributed by atoms with Crippen molar-refractivity contribution < 1.29 is 24.2 Å². The fourth-order valence-corrected chi connectivity index (χ4v) is 4.96. The van der Waals surface area contributed by atoms with Crippen molar-refractivity contribution in [1.82, 2.24) is 0 Å². The summed E-state index contributed by atoms with van der Waals surface area (Å²) in [4.78, 5) is 39.8. The number of carbonyl (C=O) groups is 3. The molecule has 2 N–H and O–H groups in total. The molecule has 1 aliphatic rings. The number of nitrogens with one attached hydrogen (secondary N) is 1. The highest BCUT2D eigenvalue weighted by atomic mass is 35.5. The number of carboxylic acid groups (broad SMARTS) is 1. The van der Waals surface area contributed by atoms with Gasteiger partial charge in [0.25, 0.3) is 0 Å². The summed E-state index contributed by atoms with van der Waals surface area (Å²) >= 11 is 6.37. The Bertz CT molecular complexity index is 1550. The number of anilines is 2. The molecule has 42 heavy (non-hydrogen) atoms. The zero-order valence-corrected chi connectivity index (χ0v) is 23.7. The van der Waals surface area contributed by atoms with Crippen LogP contribution in [0.5, 0.6) is 5.75 Å². The molecule has 0 bridgehead atoms. The van der Waals surface area contributed by atoms with Crippen molar-refractivity contribution in [3.63, 3.8) is 0 Å². The van der Waals surface area contributed by atoms with E-state index in [1.165, 1.54) is 0 Å². The first kappa shape index (κ1) is 28.9. The Balaban J connectivity index is 1.21. The molecule has 7 nitrogen and oxygen atoms in total. The quantitative estimate of drug-likeness (QED) is 0.175. The molecule has 0 aromatic heterocycles. The monoisotopic (exact) mass is 582 g/mol. The summed E-state index contributed by atoms with van der Waals surface area (Å²) in [7, 11) is 0. The van der Waals surface area contributed by atoms with Crippen LogP contribution in [0.15, 0.2) is 103 Å². The van der Waals surface area contributed by atoms with E-state index in [1.54, 1.807) is 71.6 Å². The van der Waals surface area contributed by atoms with Crippen LogP contribution in [0.25, 0.3) is 0 Å². The minimum Gasteiger partial charge on any atom is -0.492 e. The van der Waals surface area contributed by atoms with Gasteiger partial charge >= 0.3 is 5.97 Å². The second kappa shape index (κ2) is 13.4. The number of ketones is 1. The second-order valence-corrected chi connectivity index (χ2v) is 10.6. The van der Waals surface area contributed by atoms with Crippen LogP contribution < -0.4 is 15.0 Å². The number of amides is 1. The summed E-state index contributed by atoms with van der Waals surface area (Å²) in [6.07, 6.45) is 1.98. The lowest BCUT2D eigenvalue weighted by Crippen LogP contribution is -2.36. The largest absolute Gasteiger partial charge is 0.492 e. The van der Waals surface area contributed by atoms with Crippen LogP contribution in [0, 0.1) is 5.92 Å². The topological polar surface area (TPSA) is 95.9 Å². The van der Waals surface area contributed by atoms with Crippen LogP contribution in [0.4, 0.5) is 11.4 Å². The zero-order valence-electron chi connectivity index (χ0n) is 22.9. The summed E-state index contributed by atoms with van der Waals surface area (Å²) in [6, 6.07) is 29.3. The van der Waals surface area contributed by atoms with Gasteiger partial charge in [-0.1, -0.05) is 78.3 Å². The van der Waals surface area contributed by atoms with E-state index >= 15 is 0 Å².